The molecule has 0 amide bonds. The van der Waals surface area contributed by atoms with Crippen molar-refractivity contribution in [3.63, 3.8) is 0 Å². The smallest absolute Gasteiger partial charge is 0.337 e. The fourth-order valence-corrected chi connectivity index (χ4v) is 4.65. The molecule has 0 aliphatic carbocycles. The second-order valence-electron chi connectivity index (χ2n) is 10.3. The van der Waals surface area contributed by atoms with E-state index in [1.54, 1.807) is 45.9 Å². The van der Waals surface area contributed by atoms with Crippen molar-refractivity contribution >= 4 is 23.6 Å². The number of nitrogens with one attached hydrogen (secondary N) is 1. The Kier molecular flexibility index (Phi) is 11.9. The summed E-state index contributed by atoms with van der Waals surface area (Å²) >= 11 is 0. The fraction of sp³-hybridized carbons (Fsp3) is 0.406. The summed E-state index contributed by atoms with van der Waals surface area (Å²) in [6, 6.07) is 13.1. The lowest BCUT2D eigenvalue weighted by atomic mass is 9.80. The standard InChI is InChI=1S/C32H38N2O9/c1-6-8-27(35)41-16-15-23-11-13-26(14-12-23)40-17-18-42-31(36)28-21(4)33-22(5)29(32(37)43-20(2)3)30(28)24-9-7-10-25(19-24)34(38)39/h7,9-14,19-20,30,33H,6,8,15-18H2,1-5H3. The van der Waals surface area contributed by atoms with Crippen molar-refractivity contribution in [2.45, 2.75) is 65.9 Å². The van der Waals surface area contributed by atoms with E-state index in [0.717, 1.165) is 12.0 Å². The first-order valence-corrected chi connectivity index (χ1v) is 14.2. The number of dihydropyridines is 1. The Hall–Kier alpha value is -4.67. The molecular formula is C32H38N2O9. The average molecular weight is 595 g/mol. The van der Waals surface area contributed by atoms with Gasteiger partial charge in [0, 0.05) is 36.4 Å². The SMILES string of the molecule is CCCC(=O)OCCc1ccc(OCCOC(=O)C2=C(C)NC(C)=C(C(=O)OC(C)C)C2c2cccc([N+](=O)[O-])c2)cc1. The Morgan fingerprint density at radius 1 is 0.930 bits per heavy atom. The van der Waals surface area contributed by atoms with E-state index in [0.29, 0.717) is 42.2 Å². The van der Waals surface area contributed by atoms with E-state index in [9.17, 15) is 24.5 Å². The van der Waals surface area contributed by atoms with E-state index >= 15 is 0 Å². The Morgan fingerprint density at radius 3 is 2.23 bits per heavy atom. The van der Waals surface area contributed by atoms with Crippen molar-refractivity contribution < 1.29 is 38.3 Å². The molecule has 0 saturated carbocycles. The molecule has 3 rings (SSSR count). The Labute approximate surface area is 251 Å². The minimum atomic E-state index is -0.949. The number of nitrogens with zero attached hydrogens (tertiary/aromatic N) is 1. The molecule has 0 aromatic heterocycles. The number of non-ortho nitro benzene ring substituents is 1. The van der Waals surface area contributed by atoms with Crippen LogP contribution in [0.1, 0.15) is 64.5 Å². The maximum atomic E-state index is 13.4. The molecule has 1 unspecified atom stereocenters. The molecule has 43 heavy (non-hydrogen) atoms. The van der Waals surface area contributed by atoms with Gasteiger partial charge in [0.05, 0.1) is 34.7 Å². The molecule has 11 heteroatoms. The molecular weight excluding hydrogens is 556 g/mol. The third kappa shape index (κ3) is 9.16. The van der Waals surface area contributed by atoms with E-state index in [4.69, 9.17) is 18.9 Å². The molecule has 2 aromatic rings. The lowest BCUT2D eigenvalue weighted by molar-refractivity contribution is -0.384. The number of esters is 3. The van der Waals surface area contributed by atoms with Crippen LogP contribution >= 0.6 is 0 Å². The first-order chi connectivity index (χ1) is 20.5. The number of carbonyl (C=O) groups excluding carboxylic acids is 3. The third-order valence-electron chi connectivity index (χ3n) is 6.57. The van der Waals surface area contributed by atoms with Gasteiger partial charge in [0.1, 0.15) is 19.0 Å². The van der Waals surface area contributed by atoms with Crippen molar-refractivity contribution in [1.29, 1.82) is 0 Å². The van der Waals surface area contributed by atoms with Crippen molar-refractivity contribution in [2.75, 3.05) is 19.8 Å². The predicted molar refractivity (Wildman–Crippen MR) is 158 cm³/mol. The van der Waals surface area contributed by atoms with Gasteiger partial charge in [0.15, 0.2) is 0 Å². The zero-order valence-corrected chi connectivity index (χ0v) is 25.1. The molecule has 0 bridgehead atoms. The van der Waals surface area contributed by atoms with Gasteiger partial charge in [-0.15, -0.1) is 0 Å². The largest absolute Gasteiger partial charge is 0.490 e. The van der Waals surface area contributed by atoms with Crippen molar-refractivity contribution in [3.8, 4) is 5.75 Å². The van der Waals surface area contributed by atoms with Crippen molar-refractivity contribution in [2.24, 2.45) is 0 Å². The van der Waals surface area contributed by atoms with Gasteiger partial charge in [-0.3, -0.25) is 14.9 Å². The molecule has 1 aliphatic rings. The molecule has 0 fully saturated rings. The van der Waals surface area contributed by atoms with E-state index in [1.807, 2.05) is 19.1 Å². The molecule has 230 valence electrons. The van der Waals surface area contributed by atoms with Gasteiger partial charge in [-0.1, -0.05) is 31.2 Å². The van der Waals surface area contributed by atoms with Crippen LogP contribution in [0.2, 0.25) is 0 Å². The number of nitro groups is 1. The first-order valence-electron chi connectivity index (χ1n) is 14.2. The lowest BCUT2D eigenvalue weighted by Gasteiger charge is -2.30. The second-order valence-corrected chi connectivity index (χ2v) is 10.3. The highest BCUT2D eigenvalue weighted by molar-refractivity contribution is 6.00. The van der Waals surface area contributed by atoms with Gasteiger partial charge in [-0.2, -0.15) is 0 Å². The topological polar surface area (TPSA) is 143 Å². The average Bonchev–Trinajstić information content (AvgIpc) is 2.95. The van der Waals surface area contributed by atoms with Crippen LogP contribution < -0.4 is 10.1 Å². The van der Waals surface area contributed by atoms with E-state index in [1.165, 1.54) is 18.2 Å². The van der Waals surface area contributed by atoms with Crippen LogP contribution in [0.3, 0.4) is 0 Å². The quantitative estimate of drug-likeness (QED) is 0.101. The van der Waals surface area contributed by atoms with Crippen LogP contribution in [0.4, 0.5) is 5.69 Å². The molecule has 0 saturated heterocycles. The summed E-state index contributed by atoms with van der Waals surface area (Å²) in [4.78, 5) is 49.1. The van der Waals surface area contributed by atoms with Crippen LogP contribution in [0.25, 0.3) is 0 Å². The molecule has 11 nitrogen and oxygen atoms in total. The summed E-state index contributed by atoms with van der Waals surface area (Å²) in [6.07, 6.45) is 1.32. The van der Waals surface area contributed by atoms with Crippen molar-refractivity contribution in [1.82, 2.24) is 5.32 Å². The zero-order chi connectivity index (χ0) is 31.5. The van der Waals surface area contributed by atoms with Gasteiger partial charge >= 0.3 is 17.9 Å². The Morgan fingerprint density at radius 2 is 1.60 bits per heavy atom. The Bertz CT molecular complexity index is 1390. The summed E-state index contributed by atoms with van der Waals surface area (Å²) in [5.74, 6) is -1.92. The van der Waals surface area contributed by atoms with Gasteiger partial charge in [0.2, 0.25) is 0 Å². The minimum Gasteiger partial charge on any atom is -0.490 e. The number of hydrogen-bond acceptors (Lipinski definition) is 10. The Balaban J connectivity index is 1.69. The lowest BCUT2D eigenvalue weighted by Crippen LogP contribution is -2.33. The molecule has 2 aromatic carbocycles. The number of carbonyl (C=O) groups is 3. The van der Waals surface area contributed by atoms with Crippen LogP contribution in [0, 0.1) is 10.1 Å². The molecule has 1 N–H and O–H groups in total. The number of rotatable bonds is 14. The summed E-state index contributed by atoms with van der Waals surface area (Å²) in [6.45, 7) is 9.00. The van der Waals surface area contributed by atoms with Gasteiger partial charge in [0.25, 0.3) is 5.69 Å². The van der Waals surface area contributed by atoms with E-state index < -0.39 is 28.9 Å². The number of allylic oxidation sites excluding steroid dienone is 2. The normalized spacial score (nSPS) is 14.7. The van der Waals surface area contributed by atoms with E-state index in [2.05, 4.69) is 5.32 Å². The van der Waals surface area contributed by atoms with Crippen molar-refractivity contribution in [3.05, 3.63) is 92.3 Å². The highest BCUT2D eigenvalue weighted by Gasteiger charge is 2.38. The number of nitro benzene ring substituents is 1. The van der Waals surface area contributed by atoms with E-state index in [-0.39, 0.29) is 36.0 Å². The van der Waals surface area contributed by atoms with Gasteiger partial charge in [-0.05, 0) is 57.4 Å². The highest BCUT2D eigenvalue weighted by Crippen LogP contribution is 2.40. The monoisotopic (exact) mass is 594 g/mol. The number of ether oxygens (including phenoxy) is 4. The molecule has 1 aliphatic heterocycles. The summed E-state index contributed by atoms with van der Waals surface area (Å²) in [5.41, 5.74) is 2.44. The van der Waals surface area contributed by atoms with Crippen LogP contribution in [0.5, 0.6) is 5.75 Å². The predicted octanol–water partition coefficient (Wildman–Crippen LogP) is 5.29. The molecule has 0 spiro atoms. The fourth-order valence-electron chi connectivity index (χ4n) is 4.65. The van der Waals surface area contributed by atoms with Crippen LogP contribution in [0.15, 0.2) is 71.1 Å². The maximum Gasteiger partial charge on any atom is 0.337 e. The molecule has 1 atom stereocenters. The summed E-state index contributed by atoms with van der Waals surface area (Å²) in [5, 5.41) is 14.6. The van der Waals surface area contributed by atoms with Crippen LogP contribution in [-0.4, -0.2) is 48.8 Å². The number of hydrogen-bond donors (Lipinski definition) is 1. The van der Waals surface area contributed by atoms with Gasteiger partial charge in [-0.25, -0.2) is 9.59 Å². The molecule has 0 radical (unpaired) electrons. The highest BCUT2D eigenvalue weighted by atomic mass is 16.6. The van der Waals surface area contributed by atoms with Gasteiger partial charge < -0.3 is 24.3 Å². The third-order valence-corrected chi connectivity index (χ3v) is 6.57. The molecule has 1 heterocycles. The maximum absolute atomic E-state index is 13.4. The summed E-state index contributed by atoms with van der Waals surface area (Å²) < 4.78 is 21.9. The first kappa shape index (κ1) is 32.8. The minimum absolute atomic E-state index is 0.0675. The number of benzene rings is 2. The second kappa shape index (κ2) is 15.5. The zero-order valence-electron chi connectivity index (χ0n) is 25.1. The van der Waals surface area contributed by atoms with Crippen LogP contribution in [-0.2, 0) is 35.0 Å². The summed E-state index contributed by atoms with van der Waals surface area (Å²) in [7, 11) is 0.